The molecular formula is C25H20N2O5S. The third-order valence-electron chi connectivity index (χ3n) is 5.56. The summed E-state index contributed by atoms with van der Waals surface area (Å²) in [6, 6.07) is 15.0. The molecule has 0 spiro atoms. The van der Waals surface area contributed by atoms with Gasteiger partial charge >= 0.3 is 5.91 Å². The monoisotopic (exact) mass is 460 g/mol. The first-order chi connectivity index (χ1) is 15.9. The molecule has 5 rings (SSSR count). The molecule has 7 nitrogen and oxygen atoms in total. The average Bonchev–Trinajstić information content (AvgIpc) is 3.49. The molecule has 0 unspecified atom stereocenters. The Bertz CT molecular complexity index is 1450. The lowest BCUT2D eigenvalue weighted by Crippen LogP contribution is -2.29. The number of fused-ring (bicyclic) bond motifs is 1. The molecule has 0 aliphatic carbocycles. The number of nitrogens with zero attached hydrogens (tertiary/aromatic N) is 2. The van der Waals surface area contributed by atoms with Crippen LogP contribution < -0.4 is 9.64 Å². The molecule has 1 N–H and O–H groups in total. The second-order valence-corrected chi connectivity index (χ2v) is 8.83. The van der Waals surface area contributed by atoms with E-state index in [1.54, 1.807) is 43.3 Å². The molecule has 33 heavy (non-hydrogen) atoms. The van der Waals surface area contributed by atoms with Crippen LogP contribution in [0, 0.1) is 13.8 Å². The van der Waals surface area contributed by atoms with Crippen LogP contribution in [-0.4, -0.2) is 28.9 Å². The van der Waals surface area contributed by atoms with Crippen LogP contribution in [0.3, 0.4) is 0 Å². The normalized spacial score (nSPS) is 17.8. The topological polar surface area (TPSA) is 92.9 Å². The number of carbonyl (C=O) groups excluding carboxylic acids is 2. The van der Waals surface area contributed by atoms with Gasteiger partial charge in [0.15, 0.2) is 5.13 Å². The number of furan rings is 1. The van der Waals surface area contributed by atoms with Gasteiger partial charge < -0.3 is 14.3 Å². The fourth-order valence-electron chi connectivity index (χ4n) is 3.95. The molecule has 1 fully saturated rings. The molecule has 3 heterocycles. The Morgan fingerprint density at radius 2 is 1.94 bits per heavy atom. The highest BCUT2D eigenvalue weighted by molar-refractivity contribution is 7.22. The number of methoxy groups -OCH3 is 1. The fraction of sp³-hybridized carbons (Fsp3) is 0.160. The summed E-state index contributed by atoms with van der Waals surface area (Å²) in [5.74, 6) is -0.367. The van der Waals surface area contributed by atoms with Crippen LogP contribution in [0.4, 0.5) is 5.13 Å². The van der Waals surface area contributed by atoms with Gasteiger partial charge in [0.1, 0.15) is 29.1 Å². The Morgan fingerprint density at radius 3 is 2.67 bits per heavy atom. The zero-order chi connectivity index (χ0) is 23.3. The first-order valence-corrected chi connectivity index (χ1v) is 11.1. The SMILES string of the molecule is COc1cccc(C(O)=C2C(=O)C(=O)N(c3nc4ccc(C)cc4s3)[C@H]2c2ccc(C)o2)c1. The van der Waals surface area contributed by atoms with E-state index >= 15 is 0 Å². The highest BCUT2D eigenvalue weighted by atomic mass is 32.1. The van der Waals surface area contributed by atoms with E-state index in [1.807, 2.05) is 25.1 Å². The van der Waals surface area contributed by atoms with Crippen molar-refractivity contribution in [2.45, 2.75) is 19.9 Å². The van der Waals surface area contributed by atoms with Gasteiger partial charge in [-0.3, -0.25) is 14.5 Å². The number of hydrogen-bond donors (Lipinski definition) is 1. The summed E-state index contributed by atoms with van der Waals surface area (Å²) in [6.07, 6.45) is 0. The minimum Gasteiger partial charge on any atom is -0.507 e. The van der Waals surface area contributed by atoms with Gasteiger partial charge in [-0.2, -0.15) is 0 Å². The van der Waals surface area contributed by atoms with Gasteiger partial charge in [0.2, 0.25) is 0 Å². The van der Waals surface area contributed by atoms with Crippen molar-refractivity contribution in [3.8, 4) is 5.75 Å². The first-order valence-electron chi connectivity index (χ1n) is 10.3. The second kappa shape index (κ2) is 7.90. The molecule has 1 amide bonds. The predicted molar refractivity (Wildman–Crippen MR) is 126 cm³/mol. The Balaban J connectivity index is 1.72. The smallest absolute Gasteiger partial charge is 0.302 e. The number of aliphatic hydroxyl groups excluding tert-OH is 1. The van der Waals surface area contributed by atoms with Crippen LogP contribution in [0.5, 0.6) is 5.75 Å². The molecule has 166 valence electrons. The summed E-state index contributed by atoms with van der Waals surface area (Å²) in [5.41, 5.74) is 2.10. The lowest BCUT2D eigenvalue weighted by atomic mass is 9.99. The number of hydrogen-bond acceptors (Lipinski definition) is 7. The van der Waals surface area contributed by atoms with Crippen molar-refractivity contribution < 1.29 is 23.8 Å². The maximum absolute atomic E-state index is 13.2. The van der Waals surface area contributed by atoms with Crippen molar-refractivity contribution in [1.82, 2.24) is 4.98 Å². The molecule has 1 aliphatic heterocycles. The van der Waals surface area contributed by atoms with E-state index in [4.69, 9.17) is 9.15 Å². The molecule has 0 bridgehead atoms. The van der Waals surface area contributed by atoms with Crippen LogP contribution in [-0.2, 0) is 9.59 Å². The van der Waals surface area contributed by atoms with Crippen LogP contribution in [0.15, 0.2) is 64.6 Å². The van der Waals surface area contributed by atoms with E-state index in [0.29, 0.717) is 28.0 Å². The molecular weight excluding hydrogens is 440 g/mol. The van der Waals surface area contributed by atoms with E-state index in [1.165, 1.54) is 23.3 Å². The summed E-state index contributed by atoms with van der Waals surface area (Å²) in [4.78, 5) is 32.4. The van der Waals surface area contributed by atoms with E-state index in [0.717, 1.165) is 15.8 Å². The van der Waals surface area contributed by atoms with Gasteiger partial charge in [0, 0.05) is 5.56 Å². The number of Topliss-reactive ketones (excluding diaryl/α,β-unsaturated/α-hetero) is 1. The number of aryl methyl sites for hydroxylation is 2. The third-order valence-corrected chi connectivity index (χ3v) is 6.57. The number of benzene rings is 2. The number of rotatable bonds is 4. The number of aromatic nitrogens is 1. The van der Waals surface area contributed by atoms with Crippen molar-refractivity contribution in [2.24, 2.45) is 0 Å². The van der Waals surface area contributed by atoms with Gasteiger partial charge in [0.25, 0.3) is 5.78 Å². The summed E-state index contributed by atoms with van der Waals surface area (Å²) in [5, 5.41) is 11.5. The number of anilines is 1. The summed E-state index contributed by atoms with van der Waals surface area (Å²) >= 11 is 1.31. The standard InChI is InChI=1S/C25H20N2O5S/c1-13-7-9-17-19(11-13)33-25(26-17)27-21(18-10-8-14(2)32-18)20(23(29)24(27)30)22(28)15-5-4-6-16(12-15)31-3/h4-12,21,28H,1-3H3/t21-/m0/s1. The van der Waals surface area contributed by atoms with Crippen LogP contribution >= 0.6 is 11.3 Å². The lowest BCUT2D eigenvalue weighted by molar-refractivity contribution is -0.132. The zero-order valence-corrected chi connectivity index (χ0v) is 19.0. The van der Waals surface area contributed by atoms with Crippen LogP contribution in [0.25, 0.3) is 16.0 Å². The van der Waals surface area contributed by atoms with Gasteiger partial charge in [-0.25, -0.2) is 4.98 Å². The Labute approximate surface area is 193 Å². The summed E-state index contributed by atoms with van der Waals surface area (Å²) in [7, 11) is 1.51. The fourth-order valence-corrected chi connectivity index (χ4v) is 5.04. The molecule has 1 atom stereocenters. The molecule has 2 aromatic heterocycles. The minimum atomic E-state index is -0.952. The van der Waals surface area contributed by atoms with Crippen molar-refractivity contribution in [3.05, 3.63) is 82.8 Å². The highest BCUT2D eigenvalue weighted by Gasteiger charge is 2.49. The van der Waals surface area contributed by atoms with Gasteiger partial charge in [-0.15, -0.1) is 0 Å². The van der Waals surface area contributed by atoms with E-state index in [9.17, 15) is 14.7 Å². The largest absolute Gasteiger partial charge is 0.507 e. The van der Waals surface area contributed by atoms with Crippen molar-refractivity contribution in [1.29, 1.82) is 0 Å². The first kappa shape index (κ1) is 21.0. The quantitative estimate of drug-likeness (QED) is 0.257. The molecule has 0 radical (unpaired) electrons. The van der Waals surface area contributed by atoms with E-state index in [2.05, 4.69) is 4.98 Å². The number of ether oxygens (including phenoxy) is 1. The summed E-state index contributed by atoms with van der Waals surface area (Å²) < 4.78 is 12.0. The van der Waals surface area contributed by atoms with E-state index < -0.39 is 17.7 Å². The van der Waals surface area contributed by atoms with Gasteiger partial charge in [-0.05, 0) is 55.8 Å². The summed E-state index contributed by atoms with van der Waals surface area (Å²) in [6.45, 7) is 3.75. The molecule has 8 heteroatoms. The average molecular weight is 461 g/mol. The lowest BCUT2D eigenvalue weighted by Gasteiger charge is -2.20. The molecule has 0 saturated carbocycles. The van der Waals surface area contributed by atoms with Gasteiger partial charge in [0.05, 0.1) is 22.9 Å². The highest BCUT2D eigenvalue weighted by Crippen LogP contribution is 2.44. The molecule has 1 aliphatic rings. The Hall–Kier alpha value is -3.91. The van der Waals surface area contributed by atoms with Crippen molar-refractivity contribution >= 4 is 44.1 Å². The number of thiazole rings is 1. The van der Waals surface area contributed by atoms with Crippen LogP contribution in [0.1, 0.15) is 28.7 Å². The molecule has 4 aromatic rings. The van der Waals surface area contributed by atoms with Crippen LogP contribution in [0.2, 0.25) is 0 Å². The van der Waals surface area contributed by atoms with Crippen molar-refractivity contribution in [2.75, 3.05) is 12.0 Å². The number of aliphatic hydroxyl groups is 1. The van der Waals surface area contributed by atoms with Gasteiger partial charge in [-0.1, -0.05) is 29.5 Å². The second-order valence-electron chi connectivity index (χ2n) is 7.82. The predicted octanol–water partition coefficient (Wildman–Crippen LogP) is 5.14. The number of amides is 1. The molecule has 1 saturated heterocycles. The maximum atomic E-state index is 13.2. The Kier molecular flexibility index (Phi) is 5.02. The zero-order valence-electron chi connectivity index (χ0n) is 18.2. The number of carbonyl (C=O) groups is 2. The van der Waals surface area contributed by atoms with E-state index in [-0.39, 0.29) is 11.3 Å². The minimum absolute atomic E-state index is 0.0574. The Morgan fingerprint density at radius 1 is 1.12 bits per heavy atom. The molecule has 2 aromatic carbocycles. The maximum Gasteiger partial charge on any atom is 0.302 e. The van der Waals surface area contributed by atoms with Crippen molar-refractivity contribution in [3.63, 3.8) is 0 Å². The third kappa shape index (κ3) is 3.48. The number of ketones is 1.